The number of nitrogens with zero attached hydrogens (tertiary/aromatic N) is 3. The average Bonchev–Trinajstić information content (AvgIpc) is 2.49. The second-order valence-electron chi connectivity index (χ2n) is 6.42. The summed E-state index contributed by atoms with van der Waals surface area (Å²) >= 11 is 5.30. The van der Waals surface area contributed by atoms with E-state index in [1.807, 2.05) is 13.8 Å². The zero-order chi connectivity index (χ0) is 15.0. The van der Waals surface area contributed by atoms with Gasteiger partial charge in [-0.15, -0.1) is 5.10 Å². The molecule has 21 heavy (non-hydrogen) atoms. The minimum Gasteiger partial charge on any atom is -0.389 e. The third-order valence-corrected chi connectivity index (χ3v) is 5.40. The van der Waals surface area contributed by atoms with Crippen molar-refractivity contribution in [2.45, 2.75) is 58.4 Å². The molecule has 0 bridgehead atoms. The molecule has 1 aliphatic heterocycles. The molecule has 0 radical (unpaired) electrons. The summed E-state index contributed by atoms with van der Waals surface area (Å²) in [6.07, 6.45) is 7.88. The second kappa shape index (κ2) is 5.87. The molecule has 2 fully saturated rings. The van der Waals surface area contributed by atoms with Gasteiger partial charge in [0.2, 0.25) is 0 Å². The molecule has 3 rings (SSSR count). The maximum atomic E-state index is 6.00. The van der Waals surface area contributed by atoms with Crippen LogP contribution in [0, 0.1) is 19.8 Å². The fraction of sp³-hybridized carbons (Fsp3) is 0.688. The Balaban J connectivity index is 2.02. The van der Waals surface area contributed by atoms with Crippen LogP contribution in [0.1, 0.15) is 55.3 Å². The molecule has 1 aromatic heterocycles. The summed E-state index contributed by atoms with van der Waals surface area (Å²) in [7, 11) is 0. The van der Waals surface area contributed by atoms with Gasteiger partial charge in [0.25, 0.3) is 0 Å². The summed E-state index contributed by atoms with van der Waals surface area (Å²) in [5, 5.41) is 8.81. The van der Waals surface area contributed by atoms with Crippen molar-refractivity contribution in [1.82, 2.24) is 10.2 Å². The molecule has 4 nitrogen and oxygen atoms in total. The van der Waals surface area contributed by atoms with Crippen molar-refractivity contribution in [2.24, 2.45) is 11.7 Å². The van der Waals surface area contributed by atoms with E-state index in [1.54, 1.807) is 0 Å². The lowest BCUT2D eigenvalue weighted by Gasteiger charge is -2.45. The molecule has 0 spiro atoms. The molecular weight excluding hydrogens is 280 g/mol. The molecule has 2 heterocycles. The first kappa shape index (κ1) is 14.7. The Morgan fingerprint density at radius 1 is 1.14 bits per heavy atom. The number of rotatable bonds is 2. The Labute approximate surface area is 132 Å². The van der Waals surface area contributed by atoms with Crippen LogP contribution in [0.25, 0.3) is 0 Å². The van der Waals surface area contributed by atoms with Crippen LogP contribution < -0.4 is 10.6 Å². The van der Waals surface area contributed by atoms with Crippen molar-refractivity contribution < 1.29 is 0 Å². The van der Waals surface area contributed by atoms with Gasteiger partial charge in [-0.25, -0.2) is 0 Å². The predicted octanol–water partition coefficient (Wildman–Crippen LogP) is 2.89. The van der Waals surface area contributed by atoms with Crippen LogP contribution in [0.5, 0.6) is 0 Å². The Morgan fingerprint density at radius 2 is 1.86 bits per heavy atom. The normalized spacial score (nSPS) is 25.5. The van der Waals surface area contributed by atoms with E-state index in [9.17, 15) is 0 Å². The van der Waals surface area contributed by atoms with Crippen LogP contribution >= 0.6 is 12.2 Å². The molecule has 0 aromatic carbocycles. The third kappa shape index (κ3) is 2.63. The van der Waals surface area contributed by atoms with E-state index in [2.05, 4.69) is 15.1 Å². The molecule has 1 aromatic rings. The van der Waals surface area contributed by atoms with E-state index in [-0.39, 0.29) is 0 Å². The molecule has 114 valence electrons. The fourth-order valence-electron chi connectivity index (χ4n) is 3.98. The van der Waals surface area contributed by atoms with E-state index in [1.165, 1.54) is 38.5 Å². The number of hydrogen-bond donors (Lipinski definition) is 1. The zero-order valence-corrected chi connectivity index (χ0v) is 13.7. The minimum absolute atomic E-state index is 0.443. The van der Waals surface area contributed by atoms with E-state index >= 15 is 0 Å². The van der Waals surface area contributed by atoms with Crippen LogP contribution in [0.4, 0.5) is 5.82 Å². The van der Waals surface area contributed by atoms with Gasteiger partial charge >= 0.3 is 0 Å². The molecule has 1 saturated carbocycles. The molecule has 2 atom stereocenters. The number of aromatic nitrogens is 2. The largest absolute Gasteiger partial charge is 0.389 e. The Bertz CT molecular complexity index is 555. The molecule has 0 amide bonds. The van der Waals surface area contributed by atoms with E-state index < -0.39 is 0 Å². The van der Waals surface area contributed by atoms with Gasteiger partial charge in [0, 0.05) is 12.6 Å². The predicted molar refractivity (Wildman–Crippen MR) is 89.7 cm³/mol. The SMILES string of the molecule is Cc1nnc(N2CCC[C@H]3CCCC[C@H]32)c(C(N)=S)c1C. The highest BCUT2D eigenvalue weighted by atomic mass is 32.1. The van der Waals surface area contributed by atoms with Crippen molar-refractivity contribution in [3.05, 3.63) is 16.8 Å². The molecule has 5 heteroatoms. The highest BCUT2D eigenvalue weighted by molar-refractivity contribution is 7.80. The molecule has 2 aliphatic rings. The van der Waals surface area contributed by atoms with Crippen LogP contribution in [0.3, 0.4) is 0 Å². The van der Waals surface area contributed by atoms with Gasteiger partial charge in [-0.3, -0.25) is 0 Å². The van der Waals surface area contributed by atoms with Gasteiger partial charge in [-0.05, 0) is 51.0 Å². The summed E-state index contributed by atoms with van der Waals surface area (Å²) < 4.78 is 0. The summed E-state index contributed by atoms with van der Waals surface area (Å²) in [4.78, 5) is 2.89. The summed E-state index contributed by atoms with van der Waals surface area (Å²) in [5.74, 6) is 1.72. The van der Waals surface area contributed by atoms with E-state index in [4.69, 9.17) is 18.0 Å². The number of thiocarbonyl (C=S) groups is 1. The molecular formula is C16H24N4S. The van der Waals surface area contributed by atoms with Crippen molar-refractivity contribution in [1.29, 1.82) is 0 Å². The quantitative estimate of drug-likeness (QED) is 0.851. The van der Waals surface area contributed by atoms with Gasteiger partial charge in [-0.2, -0.15) is 5.10 Å². The monoisotopic (exact) mass is 304 g/mol. The van der Waals surface area contributed by atoms with Crippen LogP contribution in [-0.2, 0) is 0 Å². The first-order valence-electron chi connectivity index (χ1n) is 8.00. The molecule has 0 unspecified atom stereocenters. The van der Waals surface area contributed by atoms with Gasteiger partial charge in [0.05, 0.1) is 11.3 Å². The Morgan fingerprint density at radius 3 is 2.62 bits per heavy atom. The van der Waals surface area contributed by atoms with Crippen LogP contribution in [0.2, 0.25) is 0 Å². The number of aryl methyl sites for hydroxylation is 1. The average molecular weight is 304 g/mol. The smallest absolute Gasteiger partial charge is 0.162 e. The van der Waals surface area contributed by atoms with Crippen LogP contribution in [0.15, 0.2) is 0 Å². The third-order valence-electron chi connectivity index (χ3n) is 5.20. The number of anilines is 1. The van der Waals surface area contributed by atoms with Gasteiger partial charge in [-0.1, -0.05) is 25.1 Å². The number of fused-ring (bicyclic) bond motifs is 1. The van der Waals surface area contributed by atoms with E-state index in [0.717, 1.165) is 35.1 Å². The lowest BCUT2D eigenvalue weighted by atomic mass is 9.78. The Kier molecular flexibility index (Phi) is 4.11. The molecule has 2 N–H and O–H groups in total. The van der Waals surface area contributed by atoms with Crippen molar-refractivity contribution in [3.63, 3.8) is 0 Å². The van der Waals surface area contributed by atoms with Gasteiger partial charge in [0.15, 0.2) is 5.82 Å². The lowest BCUT2D eigenvalue weighted by Crippen LogP contribution is -2.48. The highest BCUT2D eigenvalue weighted by Crippen LogP contribution is 2.38. The standard InChI is InChI=1S/C16H24N4S/c1-10-11(2)18-19-16(14(10)15(17)21)20-9-5-7-12-6-3-4-8-13(12)20/h12-13H,3-9H2,1-2H3,(H2,17,21)/t12-,13-/m1/s1. The first-order valence-corrected chi connectivity index (χ1v) is 8.40. The second-order valence-corrected chi connectivity index (χ2v) is 6.86. The highest BCUT2D eigenvalue weighted by Gasteiger charge is 2.35. The summed E-state index contributed by atoms with van der Waals surface area (Å²) in [6, 6.07) is 0.594. The molecule has 1 saturated heterocycles. The van der Waals surface area contributed by atoms with E-state index in [0.29, 0.717) is 11.0 Å². The number of piperidine rings is 1. The molecule has 1 aliphatic carbocycles. The zero-order valence-electron chi connectivity index (χ0n) is 12.9. The maximum Gasteiger partial charge on any atom is 0.162 e. The van der Waals surface area contributed by atoms with Gasteiger partial charge in [0.1, 0.15) is 4.99 Å². The van der Waals surface area contributed by atoms with Crippen molar-refractivity contribution >= 4 is 23.0 Å². The van der Waals surface area contributed by atoms with Crippen molar-refractivity contribution in [3.8, 4) is 0 Å². The first-order chi connectivity index (χ1) is 10.1. The lowest BCUT2D eigenvalue weighted by molar-refractivity contribution is 0.242. The fourth-order valence-corrected chi connectivity index (χ4v) is 4.22. The number of hydrogen-bond acceptors (Lipinski definition) is 4. The van der Waals surface area contributed by atoms with Gasteiger partial charge < -0.3 is 10.6 Å². The summed E-state index contributed by atoms with van der Waals surface area (Å²) in [6.45, 7) is 5.06. The summed E-state index contributed by atoms with van der Waals surface area (Å²) in [5.41, 5.74) is 8.92. The number of nitrogens with two attached hydrogens (primary N) is 1. The maximum absolute atomic E-state index is 6.00. The van der Waals surface area contributed by atoms with Crippen molar-refractivity contribution in [2.75, 3.05) is 11.4 Å². The van der Waals surface area contributed by atoms with Crippen LogP contribution in [-0.4, -0.2) is 27.8 Å². The topological polar surface area (TPSA) is 55.0 Å². The minimum atomic E-state index is 0.443. The Hall–Kier alpha value is -1.23.